The predicted molar refractivity (Wildman–Crippen MR) is 50.2 cm³/mol. The molecule has 0 fully saturated rings. The molecule has 1 rings (SSSR count). The summed E-state index contributed by atoms with van der Waals surface area (Å²) < 4.78 is 39.7. The molecule has 0 aromatic heterocycles. The van der Waals surface area contributed by atoms with E-state index in [1.54, 1.807) is 12.1 Å². The fourth-order valence-electron chi connectivity index (χ4n) is 0.972. The molecule has 0 aliphatic carbocycles. The number of alkyl halides is 3. The Hall–Kier alpha value is -0.710. The number of halogens is 4. The Morgan fingerprint density at radius 2 is 2.00 bits per heavy atom. The van der Waals surface area contributed by atoms with Gasteiger partial charge in [-0.2, -0.15) is 0 Å². The second-order valence-electron chi connectivity index (χ2n) is 2.67. The van der Waals surface area contributed by atoms with Gasteiger partial charge in [0.1, 0.15) is 5.75 Å². The van der Waals surface area contributed by atoms with Gasteiger partial charge in [-0.15, -0.1) is 13.2 Å². The highest BCUT2D eigenvalue weighted by Crippen LogP contribution is 2.31. The van der Waals surface area contributed by atoms with Crippen LogP contribution in [0.3, 0.4) is 0 Å². The summed E-state index contributed by atoms with van der Waals surface area (Å²) in [6.07, 6.45) is -3.87. The predicted octanol–water partition coefficient (Wildman–Crippen LogP) is 3.91. The van der Waals surface area contributed by atoms with Crippen LogP contribution in [-0.4, -0.2) is 6.36 Å². The van der Waals surface area contributed by atoms with Crippen molar-refractivity contribution < 1.29 is 17.9 Å². The molecule has 0 aliphatic rings. The van der Waals surface area contributed by atoms with E-state index < -0.39 is 6.36 Å². The molecule has 1 nitrogen and oxygen atoms in total. The first kappa shape index (κ1) is 11.4. The highest BCUT2D eigenvalue weighted by Gasteiger charge is 2.31. The zero-order chi connectivity index (χ0) is 10.8. The van der Waals surface area contributed by atoms with Crippen LogP contribution in [0.4, 0.5) is 13.2 Å². The normalized spacial score (nSPS) is 11.5. The van der Waals surface area contributed by atoms with Crippen molar-refractivity contribution in [2.45, 2.75) is 19.7 Å². The zero-order valence-electron chi connectivity index (χ0n) is 7.36. The van der Waals surface area contributed by atoms with Gasteiger partial charge in [-0.3, -0.25) is 0 Å². The molecule has 1 aromatic rings. The lowest BCUT2D eigenvalue weighted by Crippen LogP contribution is -2.17. The number of benzene rings is 1. The molecule has 78 valence electrons. The summed E-state index contributed by atoms with van der Waals surface area (Å²) in [6, 6.07) is 4.52. The van der Waals surface area contributed by atoms with Crippen molar-refractivity contribution in [3.8, 4) is 5.75 Å². The van der Waals surface area contributed by atoms with Crippen LogP contribution in [0.25, 0.3) is 0 Å². The topological polar surface area (TPSA) is 9.23 Å². The fourth-order valence-corrected chi connectivity index (χ4v) is 1.48. The Kier molecular flexibility index (Phi) is 3.42. The van der Waals surface area contributed by atoms with Gasteiger partial charge in [0.15, 0.2) is 0 Å². The number of rotatable bonds is 2. The molecular weight excluding hydrogens is 261 g/mol. The van der Waals surface area contributed by atoms with Crippen molar-refractivity contribution in [3.05, 3.63) is 28.2 Å². The first-order valence-corrected chi connectivity index (χ1v) is 4.76. The number of hydrogen-bond acceptors (Lipinski definition) is 1. The molecule has 0 atom stereocenters. The van der Waals surface area contributed by atoms with Crippen molar-refractivity contribution in [2.75, 3.05) is 0 Å². The van der Waals surface area contributed by atoms with E-state index in [1.165, 1.54) is 6.07 Å². The first-order chi connectivity index (χ1) is 6.42. The van der Waals surface area contributed by atoms with E-state index in [-0.39, 0.29) is 5.75 Å². The van der Waals surface area contributed by atoms with E-state index in [9.17, 15) is 13.2 Å². The number of hydrogen-bond donors (Lipinski definition) is 0. The maximum absolute atomic E-state index is 11.9. The Morgan fingerprint density at radius 3 is 2.43 bits per heavy atom. The summed E-state index contributed by atoms with van der Waals surface area (Å²) in [5.74, 6) is -0.213. The standard InChI is InChI=1S/C9H8BrF3O/c1-2-6-3-4-8(7(10)5-6)14-9(11,12)13/h3-5H,2H2,1H3. The minimum atomic E-state index is -4.64. The summed E-state index contributed by atoms with van der Waals surface area (Å²) in [4.78, 5) is 0. The Bertz CT molecular complexity index is 322. The van der Waals surface area contributed by atoms with Crippen LogP contribution in [0.15, 0.2) is 22.7 Å². The summed E-state index contributed by atoms with van der Waals surface area (Å²) in [5.41, 5.74) is 0.950. The average Bonchev–Trinajstić information content (AvgIpc) is 2.06. The fraction of sp³-hybridized carbons (Fsp3) is 0.333. The van der Waals surface area contributed by atoms with Crippen LogP contribution >= 0.6 is 15.9 Å². The molecule has 0 amide bonds. The van der Waals surface area contributed by atoms with Crippen LogP contribution in [-0.2, 0) is 6.42 Å². The highest BCUT2D eigenvalue weighted by atomic mass is 79.9. The molecular formula is C9H8BrF3O. The summed E-state index contributed by atoms with van der Waals surface area (Å²) in [5, 5.41) is 0. The molecule has 0 aliphatic heterocycles. The van der Waals surface area contributed by atoms with E-state index in [1.807, 2.05) is 6.92 Å². The van der Waals surface area contributed by atoms with Crippen LogP contribution in [0.5, 0.6) is 5.75 Å². The lowest BCUT2D eigenvalue weighted by molar-refractivity contribution is -0.274. The van der Waals surface area contributed by atoms with Crippen molar-refractivity contribution in [1.82, 2.24) is 0 Å². The number of ether oxygens (including phenoxy) is 1. The highest BCUT2D eigenvalue weighted by molar-refractivity contribution is 9.10. The maximum atomic E-state index is 11.9. The third-order valence-corrected chi connectivity index (χ3v) is 2.25. The van der Waals surface area contributed by atoms with Gasteiger partial charge in [0.25, 0.3) is 0 Å². The van der Waals surface area contributed by atoms with E-state index in [0.717, 1.165) is 12.0 Å². The van der Waals surface area contributed by atoms with Gasteiger partial charge in [-0.1, -0.05) is 13.0 Å². The Balaban J connectivity index is 2.89. The van der Waals surface area contributed by atoms with E-state index in [0.29, 0.717) is 4.47 Å². The van der Waals surface area contributed by atoms with Crippen LogP contribution < -0.4 is 4.74 Å². The van der Waals surface area contributed by atoms with Gasteiger partial charge in [-0.05, 0) is 40.0 Å². The molecule has 0 saturated carbocycles. The van der Waals surface area contributed by atoms with Crippen molar-refractivity contribution >= 4 is 15.9 Å². The smallest absolute Gasteiger partial charge is 0.405 e. The van der Waals surface area contributed by atoms with Gasteiger partial charge < -0.3 is 4.74 Å². The maximum Gasteiger partial charge on any atom is 0.573 e. The molecule has 0 saturated heterocycles. The van der Waals surface area contributed by atoms with Crippen molar-refractivity contribution in [1.29, 1.82) is 0 Å². The van der Waals surface area contributed by atoms with Gasteiger partial charge in [0.2, 0.25) is 0 Å². The molecule has 1 aromatic carbocycles. The average molecular weight is 269 g/mol. The molecule has 0 spiro atoms. The second kappa shape index (κ2) is 4.21. The first-order valence-electron chi connectivity index (χ1n) is 3.96. The van der Waals surface area contributed by atoms with Gasteiger partial charge >= 0.3 is 6.36 Å². The lowest BCUT2D eigenvalue weighted by Gasteiger charge is -2.10. The lowest BCUT2D eigenvalue weighted by atomic mass is 10.2. The van der Waals surface area contributed by atoms with Crippen molar-refractivity contribution in [2.24, 2.45) is 0 Å². The minimum absolute atomic E-state index is 0.213. The summed E-state index contributed by atoms with van der Waals surface area (Å²) in [6.45, 7) is 1.92. The Morgan fingerprint density at radius 1 is 1.36 bits per heavy atom. The third-order valence-electron chi connectivity index (χ3n) is 1.63. The van der Waals surface area contributed by atoms with Crippen molar-refractivity contribution in [3.63, 3.8) is 0 Å². The quantitative estimate of drug-likeness (QED) is 0.790. The van der Waals surface area contributed by atoms with E-state index >= 15 is 0 Å². The Labute approximate surface area is 88.0 Å². The molecule has 0 heterocycles. The molecule has 0 bridgehead atoms. The van der Waals surface area contributed by atoms with E-state index in [2.05, 4.69) is 20.7 Å². The van der Waals surface area contributed by atoms with Gasteiger partial charge in [0.05, 0.1) is 4.47 Å². The van der Waals surface area contributed by atoms with Crippen LogP contribution in [0.2, 0.25) is 0 Å². The molecule has 5 heteroatoms. The van der Waals surface area contributed by atoms with Crippen LogP contribution in [0.1, 0.15) is 12.5 Å². The minimum Gasteiger partial charge on any atom is -0.405 e. The molecule has 14 heavy (non-hydrogen) atoms. The number of aryl methyl sites for hydroxylation is 1. The monoisotopic (exact) mass is 268 g/mol. The zero-order valence-corrected chi connectivity index (χ0v) is 8.95. The largest absolute Gasteiger partial charge is 0.573 e. The van der Waals surface area contributed by atoms with E-state index in [4.69, 9.17) is 0 Å². The van der Waals surface area contributed by atoms with Gasteiger partial charge in [0, 0.05) is 0 Å². The van der Waals surface area contributed by atoms with Gasteiger partial charge in [-0.25, -0.2) is 0 Å². The van der Waals surface area contributed by atoms with Crippen LogP contribution in [0, 0.1) is 0 Å². The SMILES string of the molecule is CCc1ccc(OC(F)(F)F)c(Br)c1. The molecule has 0 N–H and O–H groups in total. The molecule has 0 radical (unpaired) electrons. The second-order valence-corrected chi connectivity index (χ2v) is 3.52. The third kappa shape index (κ3) is 3.21. The summed E-state index contributed by atoms with van der Waals surface area (Å²) >= 11 is 3.02. The summed E-state index contributed by atoms with van der Waals surface area (Å²) in [7, 11) is 0. The molecule has 0 unspecified atom stereocenters.